The Morgan fingerprint density at radius 2 is 1.93 bits per heavy atom. The first-order valence-corrected chi connectivity index (χ1v) is 4.18. The summed E-state index contributed by atoms with van der Waals surface area (Å²) >= 11 is 0. The average Bonchev–Trinajstić information content (AvgIpc) is 2.11. The minimum atomic E-state index is -1.21. The second-order valence-electron chi connectivity index (χ2n) is 3.27. The molecular formula is C9H14O5. The van der Waals surface area contributed by atoms with Gasteiger partial charge in [-0.05, 0) is 20.3 Å². The van der Waals surface area contributed by atoms with Gasteiger partial charge in [-0.25, -0.2) is 9.59 Å². The van der Waals surface area contributed by atoms with E-state index in [2.05, 4.69) is 4.89 Å². The normalized spacial score (nSPS) is 11.6. The number of carbonyl (C=O) groups excluding carboxylic acids is 1. The molecule has 0 aliphatic carbocycles. The van der Waals surface area contributed by atoms with Gasteiger partial charge in [0.15, 0.2) is 0 Å². The van der Waals surface area contributed by atoms with E-state index in [4.69, 9.17) is 9.99 Å². The Bertz CT molecular complexity index is 242. The van der Waals surface area contributed by atoms with E-state index in [0.717, 1.165) is 6.08 Å². The van der Waals surface area contributed by atoms with Gasteiger partial charge in [-0.2, -0.15) is 4.89 Å². The first-order chi connectivity index (χ1) is 6.37. The van der Waals surface area contributed by atoms with Crippen molar-refractivity contribution in [3.8, 4) is 0 Å². The van der Waals surface area contributed by atoms with Crippen molar-refractivity contribution < 1.29 is 24.5 Å². The van der Waals surface area contributed by atoms with Gasteiger partial charge in [-0.3, -0.25) is 4.89 Å². The van der Waals surface area contributed by atoms with E-state index in [1.54, 1.807) is 13.8 Å². The number of aliphatic carboxylic acids is 1. The Morgan fingerprint density at radius 1 is 1.36 bits per heavy atom. The van der Waals surface area contributed by atoms with Crippen molar-refractivity contribution in [2.75, 3.05) is 0 Å². The van der Waals surface area contributed by atoms with Crippen molar-refractivity contribution in [3.05, 3.63) is 12.2 Å². The monoisotopic (exact) mass is 202 g/mol. The molecule has 0 atom stereocenters. The summed E-state index contributed by atoms with van der Waals surface area (Å²) in [5.41, 5.74) is -0.563. The Balaban J connectivity index is 3.92. The van der Waals surface area contributed by atoms with E-state index in [-0.39, 0.29) is 0 Å². The van der Waals surface area contributed by atoms with Crippen molar-refractivity contribution in [1.82, 2.24) is 0 Å². The molecule has 0 aromatic carbocycles. The molecule has 0 aromatic rings. The third kappa shape index (κ3) is 6.19. The standard InChI is InChI=1S/C9H14O5/c1-4-9(2,3)14-13-8(12)6-5-7(10)11/h5-6H,4H2,1-3H3,(H,10,11)/b6-5-. The number of hydrogen-bond donors (Lipinski definition) is 1. The van der Waals surface area contributed by atoms with Crippen molar-refractivity contribution in [1.29, 1.82) is 0 Å². The molecule has 0 aliphatic rings. The lowest BCUT2D eigenvalue weighted by Crippen LogP contribution is -2.24. The second-order valence-corrected chi connectivity index (χ2v) is 3.27. The van der Waals surface area contributed by atoms with Gasteiger partial charge in [0.2, 0.25) is 0 Å². The predicted octanol–water partition coefficient (Wildman–Crippen LogP) is 1.29. The van der Waals surface area contributed by atoms with Crippen LogP contribution in [0.3, 0.4) is 0 Å². The molecule has 0 saturated heterocycles. The molecule has 0 amide bonds. The Labute approximate surface area is 82.2 Å². The van der Waals surface area contributed by atoms with Crippen molar-refractivity contribution in [2.45, 2.75) is 32.8 Å². The average molecular weight is 202 g/mol. The third-order valence-electron chi connectivity index (χ3n) is 1.56. The summed E-state index contributed by atoms with van der Waals surface area (Å²) in [5, 5.41) is 8.20. The third-order valence-corrected chi connectivity index (χ3v) is 1.56. The highest BCUT2D eigenvalue weighted by Crippen LogP contribution is 2.13. The fourth-order valence-corrected chi connectivity index (χ4v) is 0.380. The van der Waals surface area contributed by atoms with Crippen LogP contribution in [0.25, 0.3) is 0 Å². The predicted molar refractivity (Wildman–Crippen MR) is 48.3 cm³/mol. The molecule has 0 aliphatic heterocycles. The summed E-state index contributed by atoms with van der Waals surface area (Å²) in [4.78, 5) is 30.0. The van der Waals surface area contributed by atoms with Crippen LogP contribution >= 0.6 is 0 Å². The van der Waals surface area contributed by atoms with Gasteiger partial charge in [-0.15, -0.1) is 0 Å². The highest BCUT2D eigenvalue weighted by Gasteiger charge is 2.18. The van der Waals surface area contributed by atoms with Gasteiger partial charge >= 0.3 is 11.9 Å². The molecule has 1 N–H and O–H groups in total. The van der Waals surface area contributed by atoms with Gasteiger partial charge < -0.3 is 5.11 Å². The van der Waals surface area contributed by atoms with Crippen LogP contribution in [-0.2, 0) is 19.4 Å². The maximum absolute atomic E-state index is 10.8. The van der Waals surface area contributed by atoms with E-state index in [1.807, 2.05) is 6.92 Å². The number of carbonyl (C=O) groups is 2. The largest absolute Gasteiger partial charge is 0.478 e. The van der Waals surface area contributed by atoms with Crippen LogP contribution in [0, 0.1) is 0 Å². The number of carboxylic acids is 1. The summed E-state index contributed by atoms with van der Waals surface area (Å²) < 4.78 is 0. The van der Waals surface area contributed by atoms with Crippen LogP contribution < -0.4 is 0 Å². The maximum Gasteiger partial charge on any atom is 0.366 e. The topological polar surface area (TPSA) is 72.8 Å². The molecule has 5 nitrogen and oxygen atoms in total. The number of carboxylic acid groups (broad SMARTS) is 1. The summed E-state index contributed by atoms with van der Waals surface area (Å²) in [5.74, 6) is -2.05. The lowest BCUT2D eigenvalue weighted by Gasteiger charge is -2.19. The van der Waals surface area contributed by atoms with Gasteiger partial charge in [-0.1, -0.05) is 6.92 Å². The van der Waals surface area contributed by atoms with E-state index in [9.17, 15) is 9.59 Å². The minimum Gasteiger partial charge on any atom is -0.478 e. The van der Waals surface area contributed by atoms with Crippen LogP contribution in [0.4, 0.5) is 0 Å². The molecule has 0 aromatic heterocycles. The fraction of sp³-hybridized carbons (Fsp3) is 0.556. The molecule has 14 heavy (non-hydrogen) atoms. The van der Waals surface area contributed by atoms with Crippen LogP contribution in [0.15, 0.2) is 12.2 Å². The molecule has 0 radical (unpaired) electrons. The molecule has 0 spiro atoms. The van der Waals surface area contributed by atoms with E-state index in [1.165, 1.54) is 0 Å². The SMILES string of the molecule is CCC(C)(C)OOC(=O)/C=C\C(=O)O. The lowest BCUT2D eigenvalue weighted by atomic mass is 10.1. The molecule has 0 rings (SSSR count). The van der Waals surface area contributed by atoms with E-state index < -0.39 is 17.5 Å². The summed E-state index contributed by atoms with van der Waals surface area (Å²) in [6.45, 7) is 5.38. The highest BCUT2D eigenvalue weighted by atomic mass is 17.2. The molecule has 80 valence electrons. The van der Waals surface area contributed by atoms with Crippen molar-refractivity contribution in [2.24, 2.45) is 0 Å². The fourth-order valence-electron chi connectivity index (χ4n) is 0.380. The van der Waals surface area contributed by atoms with E-state index in [0.29, 0.717) is 12.5 Å². The molecule has 0 heterocycles. The first-order valence-electron chi connectivity index (χ1n) is 4.18. The van der Waals surface area contributed by atoms with Crippen molar-refractivity contribution in [3.63, 3.8) is 0 Å². The minimum absolute atomic E-state index is 0.563. The zero-order valence-electron chi connectivity index (χ0n) is 8.44. The van der Waals surface area contributed by atoms with Crippen LogP contribution in [0.5, 0.6) is 0 Å². The zero-order chi connectivity index (χ0) is 11.2. The first kappa shape index (κ1) is 12.6. The summed E-state index contributed by atoms with van der Waals surface area (Å²) in [6.07, 6.45) is 2.14. The molecule has 0 fully saturated rings. The Morgan fingerprint density at radius 3 is 2.36 bits per heavy atom. The zero-order valence-corrected chi connectivity index (χ0v) is 8.44. The maximum atomic E-state index is 10.8. The molecule has 0 unspecified atom stereocenters. The number of hydrogen-bond acceptors (Lipinski definition) is 4. The van der Waals surface area contributed by atoms with Crippen LogP contribution in [-0.4, -0.2) is 22.6 Å². The Hall–Kier alpha value is -1.36. The molecule has 5 heteroatoms. The summed E-state index contributed by atoms with van der Waals surface area (Å²) in [7, 11) is 0. The Kier molecular flexibility index (Phi) is 4.86. The van der Waals surface area contributed by atoms with Crippen LogP contribution in [0.1, 0.15) is 27.2 Å². The van der Waals surface area contributed by atoms with Crippen LogP contribution in [0.2, 0.25) is 0 Å². The summed E-state index contributed by atoms with van der Waals surface area (Å²) in [6, 6.07) is 0. The van der Waals surface area contributed by atoms with Gasteiger partial charge in [0.1, 0.15) is 5.60 Å². The van der Waals surface area contributed by atoms with Gasteiger partial charge in [0.05, 0.1) is 0 Å². The number of rotatable bonds is 5. The highest BCUT2D eigenvalue weighted by molar-refractivity contribution is 5.90. The van der Waals surface area contributed by atoms with Gasteiger partial charge in [0.25, 0.3) is 0 Å². The van der Waals surface area contributed by atoms with Gasteiger partial charge in [0, 0.05) is 12.2 Å². The van der Waals surface area contributed by atoms with E-state index >= 15 is 0 Å². The smallest absolute Gasteiger partial charge is 0.366 e. The molecule has 0 bridgehead atoms. The second kappa shape index (κ2) is 5.39. The lowest BCUT2D eigenvalue weighted by molar-refractivity contribution is -0.321. The molecular weight excluding hydrogens is 188 g/mol. The molecule has 0 saturated carbocycles. The quantitative estimate of drug-likeness (QED) is 0.413. The van der Waals surface area contributed by atoms with Crippen molar-refractivity contribution >= 4 is 11.9 Å².